The maximum Gasteiger partial charge on any atom is 0.317 e. The van der Waals surface area contributed by atoms with Crippen LogP contribution < -0.4 is 9.47 Å². The molecule has 3 aliphatic carbocycles. The van der Waals surface area contributed by atoms with Crippen LogP contribution in [-0.2, 0) is 34.1 Å². The zero-order valence-electron chi connectivity index (χ0n) is 26.7. The van der Waals surface area contributed by atoms with Crippen LogP contribution in [0, 0.1) is 23.7 Å². The molecule has 5 aliphatic rings. The number of fused-ring (bicyclic) bond motifs is 5. The molecule has 0 radical (unpaired) electrons. The van der Waals surface area contributed by atoms with E-state index in [1.807, 2.05) is 24.3 Å². The van der Waals surface area contributed by atoms with Gasteiger partial charge in [-0.1, -0.05) is 72.8 Å². The van der Waals surface area contributed by atoms with Crippen molar-refractivity contribution in [1.82, 2.24) is 0 Å². The van der Waals surface area contributed by atoms with Crippen LogP contribution in [0.1, 0.15) is 60.8 Å². The Bertz CT molecular complexity index is 1850. The summed E-state index contributed by atoms with van der Waals surface area (Å²) in [6.45, 7) is 0. The molecule has 49 heavy (non-hydrogen) atoms. The number of carbonyl (C=O) groups is 4. The number of ether oxygens (including phenoxy) is 4. The number of hydrogen-bond donors (Lipinski definition) is 0. The molecule has 8 nitrogen and oxygen atoms in total. The first kappa shape index (κ1) is 29.9. The lowest BCUT2D eigenvalue weighted by Gasteiger charge is -2.34. The molecule has 2 aliphatic heterocycles. The first-order chi connectivity index (χ1) is 23.9. The molecule has 2 heterocycles. The number of cyclic esters (lactones) is 4. The summed E-state index contributed by atoms with van der Waals surface area (Å²) in [5.41, 5.74) is 6.30. The normalized spacial score (nSPS) is 27.8. The van der Waals surface area contributed by atoms with Crippen molar-refractivity contribution in [3.63, 3.8) is 0 Å². The zero-order valence-corrected chi connectivity index (χ0v) is 26.7. The van der Waals surface area contributed by atoms with E-state index in [4.69, 9.17) is 18.9 Å². The van der Waals surface area contributed by atoms with Crippen LogP contribution in [0.2, 0.25) is 0 Å². The Morgan fingerprint density at radius 3 is 1.29 bits per heavy atom. The Labute approximate surface area is 283 Å². The second-order valence-electron chi connectivity index (χ2n) is 13.9. The number of benzene rings is 4. The molecule has 0 aromatic heterocycles. The lowest BCUT2D eigenvalue weighted by atomic mass is 9.67. The predicted molar refractivity (Wildman–Crippen MR) is 176 cm³/mol. The quantitative estimate of drug-likeness (QED) is 0.150. The fourth-order valence-electron chi connectivity index (χ4n) is 9.04. The Morgan fingerprint density at radius 2 is 0.857 bits per heavy atom. The second kappa shape index (κ2) is 11.4. The highest BCUT2D eigenvalue weighted by atomic mass is 16.6. The molecule has 4 aromatic rings. The van der Waals surface area contributed by atoms with E-state index in [9.17, 15) is 19.2 Å². The minimum atomic E-state index is -0.609. The topological polar surface area (TPSA) is 105 Å². The molecule has 6 atom stereocenters. The van der Waals surface area contributed by atoms with Gasteiger partial charge in [-0.2, -0.15) is 0 Å². The molecular weight excluding hydrogens is 620 g/mol. The van der Waals surface area contributed by atoms with Crippen molar-refractivity contribution < 1.29 is 38.1 Å². The van der Waals surface area contributed by atoms with Crippen molar-refractivity contribution in [2.45, 2.75) is 56.1 Å². The van der Waals surface area contributed by atoms with Crippen molar-refractivity contribution in [2.75, 3.05) is 0 Å². The average Bonchev–Trinajstić information content (AvgIpc) is 3.70. The lowest BCUT2D eigenvalue weighted by molar-refractivity contribution is -0.155. The first-order valence-electron chi connectivity index (χ1n) is 17.1. The molecule has 0 bridgehead atoms. The molecule has 4 aromatic carbocycles. The highest BCUT2D eigenvalue weighted by Crippen LogP contribution is 2.56. The van der Waals surface area contributed by atoms with E-state index in [-0.39, 0.29) is 24.0 Å². The van der Waals surface area contributed by atoms with Crippen LogP contribution in [0.3, 0.4) is 0 Å². The van der Waals surface area contributed by atoms with Crippen molar-refractivity contribution in [3.8, 4) is 22.6 Å². The third-order valence-corrected chi connectivity index (χ3v) is 11.4. The van der Waals surface area contributed by atoms with Gasteiger partial charge in [0.2, 0.25) is 0 Å². The minimum Gasteiger partial charge on any atom is -0.490 e. The maximum atomic E-state index is 12.2. The number of esters is 4. The fraction of sp³-hybridized carbons (Fsp3) is 0.317. The standard InChI is InChI=1S/C41H34O8/c42-37-31-19-17-27(21-33(31)39(44)48-37)46-25-13-9-23(10-14-25)41(35-7-3-1-5-29(35)30-6-2-4-8-36(30)41)24-11-15-26(16-12-24)47-28-18-20-32-34(22-28)40(45)49-38(32)43/h1-16,27-28,31-34H,17-22H2. The van der Waals surface area contributed by atoms with E-state index in [0.717, 1.165) is 11.1 Å². The van der Waals surface area contributed by atoms with E-state index < -0.39 is 41.1 Å². The smallest absolute Gasteiger partial charge is 0.317 e. The van der Waals surface area contributed by atoms with E-state index in [2.05, 4.69) is 72.8 Å². The third-order valence-electron chi connectivity index (χ3n) is 11.4. The van der Waals surface area contributed by atoms with Crippen LogP contribution in [0.4, 0.5) is 0 Å². The summed E-state index contributed by atoms with van der Waals surface area (Å²) >= 11 is 0. The largest absolute Gasteiger partial charge is 0.490 e. The van der Waals surface area contributed by atoms with Gasteiger partial charge in [-0.25, -0.2) is 0 Å². The van der Waals surface area contributed by atoms with Gasteiger partial charge in [-0.05, 0) is 96.2 Å². The average molecular weight is 655 g/mol. The van der Waals surface area contributed by atoms with Crippen molar-refractivity contribution >= 4 is 23.9 Å². The van der Waals surface area contributed by atoms with Crippen LogP contribution in [0.15, 0.2) is 97.1 Å². The van der Waals surface area contributed by atoms with Crippen molar-refractivity contribution in [3.05, 3.63) is 119 Å². The molecule has 9 rings (SSSR count). The monoisotopic (exact) mass is 654 g/mol. The minimum absolute atomic E-state index is 0.171. The molecule has 246 valence electrons. The Kier molecular flexibility index (Phi) is 6.97. The van der Waals surface area contributed by atoms with E-state index in [1.54, 1.807) is 0 Å². The Balaban J connectivity index is 1.03. The van der Waals surface area contributed by atoms with Crippen LogP contribution in [-0.4, -0.2) is 36.1 Å². The summed E-state index contributed by atoms with van der Waals surface area (Å²) in [7, 11) is 0. The molecule has 0 N–H and O–H groups in total. The summed E-state index contributed by atoms with van der Waals surface area (Å²) in [6, 6.07) is 33.5. The second-order valence-corrected chi connectivity index (χ2v) is 13.9. The van der Waals surface area contributed by atoms with E-state index >= 15 is 0 Å². The number of hydrogen-bond acceptors (Lipinski definition) is 8. The van der Waals surface area contributed by atoms with Gasteiger partial charge in [0.1, 0.15) is 11.5 Å². The highest BCUT2D eigenvalue weighted by molar-refractivity contribution is 5.97. The van der Waals surface area contributed by atoms with E-state index in [1.165, 1.54) is 22.3 Å². The SMILES string of the molecule is O=C1OC(=O)C2CC(Oc3ccc(C4(c5ccc(OC6CCC7C(=O)OC(=O)C7C6)cc5)c5ccccc5-c5ccccc54)cc3)CCC12. The van der Waals surface area contributed by atoms with Gasteiger partial charge in [0.25, 0.3) is 0 Å². The summed E-state index contributed by atoms with van der Waals surface area (Å²) in [4.78, 5) is 48.5. The van der Waals surface area contributed by atoms with Gasteiger partial charge in [0, 0.05) is 0 Å². The van der Waals surface area contributed by atoms with Gasteiger partial charge >= 0.3 is 23.9 Å². The molecule has 4 fully saturated rings. The predicted octanol–water partition coefficient (Wildman–Crippen LogP) is 6.54. The van der Waals surface area contributed by atoms with Crippen LogP contribution >= 0.6 is 0 Å². The summed E-state index contributed by atoms with van der Waals surface area (Å²) in [5.74, 6) is -1.79. The van der Waals surface area contributed by atoms with Gasteiger partial charge in [0.05, 0.1) is 41.3 Å². The van der Waals surface area contributed by atoms with Crippen molar-refractivity contribution in [2.24, 2.45) is 23.7 Å². The first-order valence-corrected chi connectivity index (χ1v) is 17.1. The Morgan fingerprint density at radius 1 is 0.469 bits per heavy atom. The number of rotatable bonds is 6. The molecule has 0 spiro atoms. The summed E-state index contributed by atoms with van der Waals surface area (Å²) in [6.07, 6.45) is 3.15. The van der Waals surface area contributed by atoms with Gasteiger partial charge in [0.15, 0.2) is 0 Å². The van der Waals surface area contributed by atoms with E-state index in [0.29, 0.717) is 50.0 Å². The molecule has 6 unspecified atom stereocenters. The van der Waals surface area contributed by atoms with Gasteiger partial charge in [-0.3, -0.25) is 19.2 Å². The lowest BCUT2D eigenvalue weighted by Crippen LogP contribution is -2.33. The Hall–Kier alpha value is -5.24. The molecule has 2 saturated carbocycles. The fourth-order valence-corrected chi connectivity index (χ4v) is 9.04. The summed E-state index contributed by atoms with van der Waals surface area (Å²) in [5, 5.41) is 0. The number of carbonyl (C=O) groups excluding carboxylic acids is 4. The molecule has 0 amide bonds. The van der Waals surface area contributed by atoms with Crippen molar-refractivity contribution in [1.29, 1.82) is 0 Å². The molecule has 2 saturated heterocycles. The molecular formula is C41H34O8. The van der Waals surface area contributed by atoms with Gasteiger partial charge in [-0.15, -0.1) is 0 Å². The zero-order chi connectivity index (χ0) is 33.3. The molecule has 8 heteroatoms. The third kappa shape index (κ3) is 4.71. The van der Waals surface area contributed by atoms with Crippen LogP contribution in [0.25, 0.3) is 11.1 Å². The maximum absolute atomic E-state index is 12.2. The van der Waals surface area contributed by atoms with Crippen LogP contribution in [0.5, 0.6) is 11.5 Å². The van der Waals surface area contributed by atoms with Gasteiger partial charge < -0.3 is 18.9 Å². The summed E-state index contributed by atoms with van der Waals surface area (Å²) < 4.78 is 22.5. The highest BCUT2D eigenvalue weighted by Gasteiger charge is 2.50.